The van der Waals surface area contributed by atoms with Gasteiger partial charge in [0.15, 0.2) is 0 Å². The van der Waals surface area contributed by atoms with Gasteiger partial charge in [-0.3, -0.25) is 4.79 Å². The standard InChI is InChI=1S/C16H22N4O3S.ClH/c1-19(2)16(21)15-9-13(11-20(15)3)24(22,23)18-10-14(17)12-7-5-4-6-8-12;/h4-9,11,14,18H,10,17H2,1-3H3;1H. The summed E-state index contributed by atoms with van der Waals surface area (Å²) in [6.45, 7) is 0.0677. The van der Waals surface area contributed by atoms with E-state index in [1.807, 2.05) is 30.3 Å². The predicted octanol–water partition coefficient (Wildman–Crippen LogP) is 1.13. The van der Waals surface area contributed by atoms with Crippen LogP contribution in [0.25, 0.3) is 0 Å². The highest BCUT2D eigenvalue weighted by atomic mass is 35.5. The second-order valence-corrected chi connectivity index (χ2v) is 7.51. The van der Waals surface area contributed by atoms with E-state index in [2.05, 4.69) is 4.72 Å². The minimum Gasteiger partial charge on any atom is -0.345 e. The third-order valence-electron chi connectivity index (χ3n) is 3.64. The average Bonchev–Trinajstić information content (AvgIpc) is 2.95. The summed E-state index contributed by atoms with van der Waals surface area (Å²) in [6, 6.07) is 10.2. The van der Waals surface area contributed by atoms with E-state index in [1.54, 1.807) is 21.1 Å². The van der Waals surface area contributed by atoms with Gasteiger partial charge in [-0.1, -0.05) is 30.3 Å². The molecule has 9 heteroatoms. The molecule has 0 bridgehead atoms. The van der Waals surface area contributed by atoms with E-state index < -0.39 is 16.1 Å². The quantitative estimate of drug-likeness (QED) is 0.777. The number of carbonyl (C=O) groups excluding carboxylic acids is 1. The number of aromatic nitrogens is 1. The first-order valence-electron chi connectivity index (χ1n) is 7.40. The molecule has 0 saturated heterocycles. The number of rotatable bonds is 6. The van der Waals surface area contributed by atoms with E-state index in [1.165, 1.54) is 21.7 Å². The van der Waals surface area contributed by atoms with Crippen LogP contribution < -0.4 is 10.5 Å². The van der Waals surface area contributed by atoms with Crippen LogP contribution in [0.2, 0.25) is 0 Å². The molecule has 0 fully saturated rings. The molecule has 0 saturated carbocycles. The van der Waals surface area contributed by atoms with Gasteiger partial charge in [0.05, 0.1) is 0 Å². The van der Waals surface area contributed by atoms with Crippen molar-refractivity contribution in [3.63, 3.8) is 0 Å². The van der Waals surface area contributed by atoms with Crippen molar-refractivity contribution in [3.05, 3.63) is 53.9 Å². The average molecular weight is 387 g/mol. The van der Waals surface area contributed by atoms with E-state index in [0.29, 0.717) is 5.69 Å². The molecule has 0 spiro atoms. The number of carbonyl (C=O) groups is 1. The van der Waals surface area contributed by atoms with E-state index in [0.717, 1.165) is 5.56 Å². The minimum absolute atomic E-state index is 0. The summed E-state index contributed by atoms with van der Waals surface area (Å²) in [6.07, 6.45) is 1.41. The minimum atomic E-state index is -3.75. The molecule has 1 atom stereocenters. The summed E-state index contributed by atoms with van der Waals surface area (Å²) in [5.41, 5.74) is 7.15. The van der Waals surface area contributed by atoms with Crippen molar-refractivity contribution in [3.8, 4) is 0 Å². The maximum atomic E-state index is 12.4. The third kappa shape index (κ3) is 5.05. The monoisotopic (exact) mass is 386 g/mol. The number of benzene rings is 1. The first-order chi connectivity index (χ1) is 11.2. The lowest BCUT2D eigenvalue weighted by molar-refractivity contribution is 0.0818. The summed E-state index contributed by atoms with van der Waals surface area (Å²) >= 11 is 0. The van der Waals surface area contributed by atoms with Crippen LogP contribution in [-0.4, -0.2) is 44.4 Å². The Kier molecular flexibility index (Phi) is 7.18. The molecule has 0 aliphatic heterocycles. The molecule has 1 unspecified atom stereocenters. The fourth-order valence-electron chi connectivity index (χ4n) is 2.22. The van der Waals surface area contributed by atoms with Crippen molar-refractivity contribution >= 4 is 28.3 Å². The van der Waals surface area contributed by atoms with Crippen molar-refractivity contribution in [2.75, 3.05) is 20.6 Å². The predicted molar refractivity (Wildman–Crippen MR) is 99.2 cm³/mol. The molecule has 0 aliphatic carbocycles. The zero-order valence-electron chi connectivity index (χ0n) is 14.3. The number of nitrogens with one attached hydrogen (secondary N) is 1. The van der Waals surface area contributed by atoms with Gasteiger partial charge in [0.1, 0.15) is 10.6 Å². The van der Waals surface area contributed by atoms with Crippen molar-refractivity contribution < 1.29 is 13.2 Å². The Labute approximate surface area is 154 Å². The smallest absolute Gasteiger partial charge is 0.269 e. The Morgan fingerprint density at radius 2 is 1.88 bits per heavy atom. The van der Waals surface area contributed by atoms with Crippen molar-refractivity contribution in [1.82, 2.24) is 14.2 Å². The second kappa shape index (κ2) is 8.48. The van der Waals surface area contributed by atoms with Gasteiger partial charge in [-0.15, -0.1) is 12.4 Å². The summed E-state index contributed by atoms with van der Waals surface area (Å²) in [4.78, 5) is 13.5. The van der Waals surface area contributed by atoms with Gasteiger partial charge in [0.25, 0.3) is 5.91 Å². The largest absolute Gasteiger partial charge is 0.345 e. The number of hydrogen-bond donors (Lipinski definition) is 2. The SMILES string of the molecule is CN(C)C(=O)c1cc(S(=O)(=O)NCC(N)c2ccccc2)cn1C.Cl. The first kappa shape index (κ1) is 21.2. The highest BCUT2D eigenvalue weighted by Gasteiger charge is 2.22. The number of hydrogen-bond acceptors (Lipinski definition) is 4. The molecule has 3 N–H and O–H groups in total. The number of nitrogens with zero attached hydrogens (tertiary/aromatic N) is 2. The molecule has 1 aromatic carbocycles. The maximum absolute atomic E-state index is 12.4. The second-order valence-electron chi connectivity index (χ2n) is 5.74. The Balaban J connectivity index is 0.00000312. The lowest BCUT2D eigenvalue weighted by Crippen LogP contribution is -2.31. The molecule has 2 aromatic rings. The molecular formula is C16H23ClN4O3S. The van der Waals surface area contributed by atoms with Gasteiger partial charge in [-0.05, 0) is 11.6 Å². The van der Waals surface area contributed by atoms with Crippen LogP contribution in [0.5, 0.6) is 0 Å². The van der Waals surface area contributed by atoms with Gasteiger partial charge < -0.3 is 15.2 Å². The lowest BCUT2D eigenvalue weighted by Gasteiger charge is -2.12. The topological polar surface area (TPSA) is 97.4 Å². The van der Waals surface area contributed by atoms with E-state index >= 15 is 0 Å². The van der Waals surface area contributed by atoms with Gasteiger partial charge in [0.2, 0.25) is 10.0 Å². The Hall–Kier alpha value is -1.87. The third-order valence-corrected chi connectivity index (χ3v) is 5.03. The van der Waals surface area contributed by atoms with Crippen molar-refractivity contribution in [2.24, 2.45) is 12.8 Å². The van der Waals surface area contributed by atoms with E-state index in [9.17, 15) is 13.2 Å². The number of nitrogens with two attached hydrogens (primary N) is 1. The van der Waals surface area contributed by atoms with E-state index in [4.69, 9.17) is 5.73 Å². The number of amides is 1. The highest BCUT2D eigenvalue weighted by molar-refractivity contribution is 7.89. The van der Waals surface area contributed by atoms with Crippen molar-refractivity contribution in [1.29, 1.82) is 0 Å². The van der Waals surface area contributed by atoms with Gasteiger partial charge in [-0.25, -0.2) is 13.1 Å². The van der Waals surface area contributed by atoms with Crippen LogP contribution in [-0.2, 0) is 17.1 Å². The lowest BCUT2D eigenvalue weighted by atomic mass is 10.1. The van der Waals surface area contributed by atoms with Gasteiger partial charge in [0, 0.05) is 39.9 Å². The molecule has 1 amide bonds. The first-order valence-corrected chi connectivity index (χ1v) is 8.89. The summed E-state index contributed by atoms with van der Waals surface area (Å²) in [5, 5.41) is 0. The van der Waals surface area contributed by atoms with Crippen LogP contribution >= 0.6 is 12.4 Å². The van der Waals surface area contributed by atoms with Crippen LogP contribution in [0.15, 0.2) is 47.5 Å². The number of aryl methyl sites for hydroxylation is 1. The van der Waals surface area contributed by atoms with Gasteiger partial charge >= 0.3 is 0 Å². The van der Waals surface area contributed by atoms with Crippen molar-refractivity contribution in [2.45, 2.75) is 10.9 Å². The fraction of sp³-hybridized carbons (Fsp3) is 0.312. The molecule has 138 valence electrons. The molecule has 0 radical (unpaired) electrons. The van der Waals surface area contributed by atoms with Crippen LogP contribution in [0.1, 0.15) is 22.1 Å². The van der Waals surface area contributed by atoms with Crippen LogP contribution in [0.4, 0.5) is 0 Å². The highest BCUT2D eigenvalue weighted by Crippen LogP contribution is 2.16. The summed E-state index contributed by atoms with van der Waals surface area (Å²) < 4.78 is 28.8. The van der Waals surface area contributed by atoms with E-state index in [-0.39, 0.29) is 29.8 Å². The zero-order valence-corrected chi connectivity index (χ0v) is 16.0. The molecule has 0 aliphatic rings. The normalized spacial score (nSPS) is 12.3. The Morgan fingerprint density at radius 1 is 1.28 bits per heavy atom. The zero-order chi connectivity index (χ0) is 17.9. The van der Waals surface area contributed by atoms with Crippen LogP contribution in [0.3, 0.4) is 0 Å². The molecule has 7 nitrogen and oxygen atoms in total. The molecular weight excluding hydrogens is 364 g/mol. The molecule has 1 aromatic heterocycles. The molecule has 25 heavy (non-hydrogen) atoms. The molecule has 2 rings (SSSR count). The fourth-order valence-corrected chi connectivity index (χ4v) is 3.35. The Morgan fingerprint density at radius 3 is 2.44 bits per heavy atom. The molecule has 1 heterocycles. The number of halogens is 1. The summed E-state index contributed by atoms with van der Waals surface area (Å²) in [7, 11) is 1.11. The number of sulfonamides is 1. The van der Waals surface area contributed by atoms with Gasteiger partial charge in [-0.2, -0.15) is 0 Å². The maximum Gasteiger partial charge on any atom is 0.269 e. The summed E-state index contributed by atoms with van der Waals surface area (Å²) in [5.74, 6) is -0.264. The van der Waals surface area contributed by atoms with Crippen LogP contribution in [0, 0.1) is 0 Å². The Bertz CT molecular complexity index is 819.